The van der Waals surface area contributed by atoms with E-state index in [9.17, 15) is 5.11 Å². The number of benzene rings is 1. The Morgan fingerprint density at radius 1 is 1.33 bits per heavy atom. The molecule has 0 spiro atoms. The molecule has 0 bridgehead atoms. The molecule has 3 heteroatoms. The van der Waals surface area contributed by atoms with E-state index in [0.29, 0.717) is 6.54 Å². The molecule has 3 N–H and O–H groups in total. The molecule has 18 heavy (non-hydrogen) atoms. The fraction of sp³-hybridized carbons (Fsp3) is 0.333. The molecular weight excluding hydrogens is 242 g/mol. The number of aliphatic hydroxyl groups is 1. The van der Waals surface area contributed by atoms with E-state index in [0.717, 1.165) is 12.0 Å². The molecule has 96 valence electrons. The van der Waals surface area contributed by atoms with Crippen molar-refractivity contribution >= 4 is 11.3 Å². The van der Waals surface area contributed by atoms with Crippen LogP contribution in [-0.2, 0) is 11.8 Å². The summed E-state index contributed by atoms with van der Waals surface area (Å²) in [7, 11) is 0. The van der Waals surface area contributed by atoms with Crippen molar-refractivity contribution in [1.82, 2.24) is 0 Å². The van der Waals surface area contributed by atoms with Crippen LogP contribution in [0, 0.1) is 6.92 Å². The molecule has 0 aliphatic heterocycles. The zero-order valence-electron chi connectivity index (χ0n) is 10.6. The van der Waals surface area contributed by atoms with Crippen molar-refractivity contribution in [3.8, 4) is 0 Å². The summed E-state index contributed by atoms with van der Waals surface area (Å²) >= 11 is 1.68. The number of aliphatic hydroxyl groups excluding tert-OH is 1. The van der Waals surface area contributed by atoms with Crippen LogP contribution in [-0.4, -0.2) is 18.3 Å². The number of aryl methyl sites for hydroxylation is 1. The van der Waals surface area contributed by atoms with Gasteiger partial charge in [0, 0.05) is 12.0 Å². The predicted octanol–water partition coefficient (Wildman–Crippen LogP) is 2.49. The number of nitrogens with two attached hydrogens (primary N) is 1. The second kappa shape index (κ2) is 5.65. The van der Waals surface area contributed by atoms with Gasteiger partial charge in [-0.25, -0.2) is 0 Å². The Morgan fingerprint density at radius 3 is 2.72 bits per heavy atom. The average molecular weight is 261 g/mol. The van der Waals surface area contributed by atoms with E-state index in [2.05, 4.69) is 41.9 Å². The van der Waals surface area contributed by atoms with Gasteiger partial charge in [0.2, 0.25) is 0 Å². The predicted molar refractivity (Wildman–Crippen MR) is 77.0 cm³/mol. The molecule has 1 unspecified atom stereocenters. The standard InChI is InChI=1S/C15H19NOS/c1-12-3-2-4-14(7-12)15(10-16,11-17)8-13-5-6-18-9-13/h2-7,9,17H,8,10-11,16H2,1H3. The Bertz CT molecular complexity index is 489. The van der Waals surface area contributed by atoms with Gasteiger partial charge in [0.25, 0.3) is 0 Å². The van der Waals surface area contributed by atoms with Gasteiger partial charge in [0.1, 0.15) is 0 Å². The quantitative estimate of drug-likeness (QED) is 0.868. The SMILES string of the molecule is Cc1cccc(C(CN)(CO)Cc2ccsc2)c1. The molecule has 2 nitrogen and oxygen atoms in total. The van der Waals surface area contributed by atoms with E-state index < -0.39 is 0 Å². The summed E-state index contributed by atoms with van der Waals surface area (Å²) in [6, 6.07) is 10.4. The highest BCUT2D eigenvalue weighted by Crippen LogP contribution is 2.28. The minimum absolute atomic E-state index is 0.0722. The van der Waals surface area contributed by atoms with Crippen molar-refractivity contribution in [1.29, 1.82) is 0 Å². The maximum absolute atomic E-state index is 9.84. The van der Waals surface area contributed by atoms with Gasteiger partial charge in [-0.05, 0) is 41.3 Å². The third-order valence-electron chi connectivity index (χ3n) is 3.45. The number of thiophene rings is 1. The summed E-state index contributed by atoms with van der Waals surface area (Å²) in [5.41, 5.74) is 9.15. The number of hydrogen-bond donors (Lipinski definition) is 2. The number of rotatable bonds is 5. The maximum Gasteiger partial charge on any atom is 0.0543 e. The van der Waals surface area contributed by atoms with Gasteiger partial charge in [-0.2, -0.15) is 11.3 Å². The van der Waals surface area contributed by atoms with Crippen LogP contribution in [0.5, 0.6) is 0 Å². The smallest absolute Gasteiger partial charge is 0.0543 e. The number of hydrogen-bond acceptors (Lipinski definition) is 3. The Kier molecular flexibility index (Phi) is 4.17. The first-order valence-electron chi connectivity index (χ1n) is 6.09. The fourth-order valence-corrected chi connectivity index (χ4v) is 2.93. The van der Waals surface area contributed by atoms with E-state index in [4.69, 9.17) is 5.73 Å². The summed E-state index contributed by atoms with van der Waals surface area (Å²) < 4.78 is 0. The van der Waals surface area contributed by atoms with Gasteiger partial charge >= 0.3 is 0 Å². The molecule has 2 rings (SSSR count). The van der Waals surface area contributed by atoms with Crippen molar-refractivity contribution in [2.45, 2.75) is 18.8 Å². The highest BCUT2D eigenvalue weighted by atomic mass is 32.1. The molecule has 1 aromatic carbocycles. The van der Waals surface area contributed by atoms with Crippen LogP contribution >= 0.6 is 11.3 Å². The van der Waals surface area contributed by atoms with Gasteiger partial charge in [0.15, 0.2) is 0 Å². The third kappa shape index (κ3) is 2.64. The van der Waals surface area contributed by atoms with E-state index in [1.54, 1.807) is 11.3 Å². The first-order chi connectivity index (χ1) is 8.70. The van der Waals surface area contributed by atoms with E-state index in [1.807, 2.05) is 6.07 Å². The van der Waals surface area contributed by atoms with E-state index >= 15 is 0 Å². The molecule has 0 saturated carbocycles. The van der Waals surface area contributed by atoms with Crippen molar-refractivity contribution in [2.24, 2.45) is 5.73 Å². The largest absolute Gasteiger partial charge is 0.395 e. The molecule has 0 fully saturated rings. The lowest BCUT2D eigenvalue weighted by Crippen LogP contribution is -2.41. The first kappa shape index (κ1) is 13.3. The van der Waals surface area contributed by atoms with Crippen molar-refractivity contribution in [3.63, 3.8) is 0 Å². The van der Waals surface area contributed by atoms with Crippen molar-refractivity contribution in [3.05, 3.63) is 57.8 Å². The monoisotopic (exact) mass is 261 g/mol. The summed E-state index contributed by atoms with van der Waals surface area (Å²) in [5, 5.41) is 14.0. The second-order valence-electron chi connectivity index (χ2n) is 4.82. The van der Waals surface area contributed by atoms with Crippen LogP contribution in [0.2, 0.25) is 0 Å². The first-order valence-corrected chi connectivity index (χ1v) is 7.03. The molecule has 0 saturated heterocycles. The fourth-order valence-electron chi connectivity index (χ4n) is 2.26. The molecule has 1 aromatic heterocycles. The van der Waals surface area contributed by atoms with Gasteiger partial charge in [0.05, 0.1) is 6.61 Å². The minimum atomic E-state index is -0.368. The molecule has 0 amide bonds. The summed E-state index contributed by atoms with van der Waals surface area (Å²) in [4.78, 5) is 0. The Morgan fingerprint density at radius 2 is 2.17 bits per heavy atom. The summed E-state index contributed by atoms with van der Waals surface area (Å²) in [6.07, 6.45) is 0.785. The topological polar surface area (TPSA) is 46.2 Å². The molecule has 1 heterocycles. The zero-order chi connectivity index (χ0) is 13.0. The van der Waals surface area contributed by atoms with Crippen LogP contribution < -0.4 is 5.73 Å². The Hall–Kier alpha value is -1.16. The maximum atomic E-state index is 9.84. The zero-order valence-corrected chi connectivity index (χ0v) is 11.4. The van der Waals surface area contributed by atoms with Crippen LogP contribution in [0.3, 0.4) is 0 Å². The lowest BCUT2D eigenvalue weighted by Gasteiger charge is -2.31. The molecule has 0 aliphatic carbocycles. The van der Waals surface area contributed by atoms with Crippen LogP contribution in [0.25, 0.3) is 0 Å². The second-order valence-corrected chi connectivity index (χ2v) is 5.60. The molecular formula is C15H19NOS. The van der Waals surface area contributed by atoms with Crippen LogP contribution in [0.1, 0.15) is 16.7 Å². The normalized spacial score (nSPS) is 14.4. The van der Waals surface area contributed by atoms with Gasteiger partial charge in [-0.1, -0.05) is 29.8 Å². The van der Waals surface area contributed by atoms with Crippen LogP contribution in [0.4, 0.5) is 0 Å². The van der Waals surface area contributed by atoms with Gasteiger partial charge in [-0.15, -0.1) is 0 Å². The Balaban J connectivity index is 2.37. The molecule has 2 aromatic rings. The minimum Gasteiger partial charge on any atom is -0.395 e. The molecule has 0 aliphatic rings. The average Bonchev–Trinajstić information content (AvgIpc) is 2.89. The van der Waals surface area contributed by atoms with Gasteiger partial charge < -0.3 is 10.8 Å². The lowest BCUT2D eigenvalue weighted by atomic mass is 9.76. The van der Waals surface area contributed by atoms with E-state index in [1.165, 1.54) is 11.1 Å². The third-order valence-corrected chi connectivity index (χ3v) is 4.18. The van der Waals surface area contributed by atoms with Crippen molar-refractivity contribution < 1.29 is 5.11 Å². The summed E-state index contributed by atoms with van der Waals surface area (Å²) in [6.45, 7) is 2.58. The molecule has 0 radical (unpaired) electrons. The highest BCUT2D eigenvalue weighted by molar-refractivity contribution is 7.07. The van der Waals surface area contributed by atoms with Crippen molar-refractivity contribution in [2.75, 3.05) is 13.2 Å². The van der Waals surface area contributed by atoms with Crippen LogP contribution in [0.15, 0.2) is 41.1 Å². The Labute approximate surface area is 112 Å². The molecule has 1 atom stereocenters. The highest BCUT2D eigenvalue weighted by Gasteiger charge is 2.30. The van der Waals surface area contributed by atoms with Gasteiger partial charge in [-0.3, -0.25) is 0 Å². The van der Waals surface area contributed by atoms with E-state index in [-0.39, 0.29) is 12.0 Å². The summed E-state index contributed by atoms with van der Waals surface area (Å²) in [5.74, 6) is 0. The lowest BCUT2D eigenvalue weighted by molar-refractivity contribution is 0.196.